The highest BCUT2D eigenvalue weighted by molar-refractivity contribution is 5.84. The Bertz CT molecular complexity index is 630. The maximum Gasteiger partial charge on any atom is 0.303 e. The number of H-pyrrole nitrogens is 1. The fourth-order valence-electron chi connectivity index (χ4n) is 1.79. The Labute approximate surface area is 96.3 Å². The molecule has 0 amide bonds. The van der Waals surface area contributed by atoms with Gasteiger partial charge in [0.2, 0.25) is 0 Å². The number of aromatic hydroxyl groups is 1. The van der Waals surface area contributed by atoms with Gasteiger partial charge in [-0.3, -0.25) is 9.59 Å². The number of aliphatic carboxylic acids is 1. The number of aromatic nitrogens is 1. The molecule has 5 heteroatoms. The molecule has 0 aliphatic rings. The van der Waals surface area contributed by atoms with Crippen LogP contribution in [0.1, 0.15) is 12.0 Å². The van der Waals surface area contributed by atoms with E-state index in [9.17, 15) is 14.7 Å². The Balaban J connectivity index is 2.61. The summed E-state index contributed by atoms with van der Waals surface area (Å²) in [6, 6.07) is 6.98. The first-order valence-electron chi connectivity index (χ1n) is 5.14. The fourth-order valence-corrected chi connectivity index (χ4v) is 1.79. The van der Waals surface area contributed by atoms with Gasteiger partial charge in [0, 0.05) is 22.9 Å². The summed E-state index contributed by atoms with van der Waals surface area (Å²) in [5.41, 5.74) is 0.381. The third kappa shape index (κ3) is 2.13. The van der Waals surface area contributed by atoms with Crippen molar-refractivity contribution in [1.29, 1.82) is 0 Å². The molecule has 1 heterocycles. The Morgan fingerprint density at radius 2 is 2.00 bits per heavy atom. The van der Waals surface area contributed by atoms with E-state index in [2.05, 4.69) is 4.98 Å². The molecule has 0 fully saturated rings. The van der Waals surface area contributed by atoms with Crippen molar-refractivity contribution in [2.24, 2.45) is 0 Å². The first-order chi connectivity index (χ1) is 8.09. The van der Waals surface area contributed by atoms with Gasteiger partial charge in [-0.05, 0) is 12.5 Å². The third-order valence-electron chi connectivity index (χ3n) is 2.59. The lowest BCUT2D eigenvalue weighted by Crippen LogP contribution is -2.09. The molecule has 0 aliphatic heterocycles. The van der Waals surface area contributed by atoms with Crippen LogP contribution >= 0.6 is 0 Å². The highest BCUT2D eigenvalue weighted by Crippen LogP contribution is 2.23. The van der Waals surface area contributed by atoms with Crippen LogP contribution in [0.4, 0.5) is 0 Å². The van der Waals surface area contributed by atoms with E-state index in [0.717, 1.165) is 0 Å². The van der Waals surface area contributed by atoms with Crippen LogP contribution in [-0.4, -0.2) is 21.2 Å². The summed E-state index contributed by atoms with van der Waals surface area (Å²) in [7, 11) is 0. The second kappa shape index (κ2) is 4.29. The number of para-hydroxylation sites is 1. The molecule has 0 radical (unpaired) electrons. The van der Waals surface area contributed by atoms with Crippen molar-refractivity contribution in [3.05, 3.63) is 40.2 Å². The van der Waals surface area contributed by atoms with E-state index in [-0.39, 0.29) is 12.8 Å². The predicted octanol–water partition coefficient (Wildman–Crippen LogP) is 1.25. The van der Waals surface area contributed by atoms with Gasteiger partial charge in [0.1, 0.15) is 0 Å². The smallest absolute Gasteiger partial charge is 0.303 e. The highest BCUT2D eigenvalue weighted by Gasteiger charge is 2.12. The quantitative estimate of drug-likeness (QED) is 0.744. The zero-order valence-electron chi connectivity index (χ0n) is 8.93. The molecule has 0 saturated carbocycles. The molecule has 0 aliphatic carbocycles. The average molecular weight is 233 g/mol. The molecule has 0 saturated heterocycles. The first kappa shape index (κ1) is 11.2. The molecule has 2 aromatic rings. The van der Waals surface area contributed by atoms with Gasteiger partial charge >= 0.3 is 5.97 Å². The summed E-state index contributed by atoms with van der Waals surface area (Å²) in [6.45, 7) is 0. The summed E-state index contributed by atoms with van der Waals surface area (Å²) in [6.07, 6.45) is 0.00656. The van der Waals surface area contributed by atoms with Crippen LogP contribution in [0.5, 0.6) is 5.75 Å². The SMILES string of the molecule is O=C(O)CCc1c(O)c(=O)[nH]c2ccccc12. The number of carbonyl (C=O) groups is 1. The third-order valence-corrected chi connectivity index (χ3v) is 2.59. The average Bonchev–Trinajstić information content (AvgIpc) is 2.29. The Morgan fingerprint density at radius 1 is 1.29 bits per heavy atom. The minimum Gasteiger partial charge on any atom is -0.503 e. The zero-order valence-corrected chi connectivity index (χ0v) is 8.93. The molecule has 1 aromatic carbocycles. The monoisotopic (exact) mass is 233 g/mol. The maximum absolute atomic E-state index is 11.4. The number of carboxylic acids is 1. The minimum absolute atomic E-state index is 0.124. The summed E-state index contributed by atoms with van der Waals surface area (Å²) in [4.78, 5) is 24.5. The van der Waals surface area contributed by atoms with Gasteiger partial charge < -0.3 is 15.2 Å². The largest absolute Gasteiger partial charge is 0.503 e. The zero-order chi connectivity index (χ0) is 12.4. The van der Waals surface area contributed by atoms with Crippen molar-refractivity contribution in [3.8, 4) is 5.75 Å². The van der Waals surface area contributed by atoms with Crippen molar-refractivity contribution >= 4 is 16.9 Å². The van der Waals surface area contributed by atoms with Crippen LogP contribution in [0.15, 0.2) is 29.1 Å². The number of aryl methyl sites for hydroxylation is 1. The van der Waals surface area contributed by atoms with E-state index in [1.165, 1.54) is 0 Å². The van der Waals surface area contributed by atoms with Gasteiger partial charge in [-0.2, -0.15) is 0 Å². The molecule has 1 aromatic heterocycles. The lowest BCUT2D eigenvalue weighted by atomic mass is 10.0. The van der Waals surface area contributed by atoms with E-state index in [4.69, 9.17) is 5.11 Å². The summed E-state index contributed by atoms with van der Waals surface area (Å²) in [5, 5.41) is 19.0. The van der Waals surface area contributed by atoms with Crippen LogP contribution in [0.25, 0.3) is 10.9 Å². The number of aromatic amines is 1. The van der Waals surface area contributed by atoms with Gasteiger partial charge in [-0.1, -0.05) is 18.2 Å². The second-order valence-corrected chi connectivity index (χ2v) is 3.72. The van der Waals surface area contributed by atoms with Gasteiger partial charge in [0.25, 0.3) is 5.56 Å². The summed E-state index contributed by atoms with van der Waals surface area (Å²) >= 11 is 0. The van der Waals surface area contributed by atoms with E-state index in [1.807, 2.05) is 0 Å². The molecule has 88 valence electrons. The predicted molar refractivity (Wildman–Crippen MR) is 62.2 cm³/mol. The number of pyridine rings is 1. The Hall–Kier alpha value is -2.30. The molecule has 0 atom stereocenters. The topological polar surface area (TPSA) is 90.4 Å². The maximum atomic E-state index is 11.4. The molecule has 2 rings (SSSR count). The Morgan fingerprint density at radius 3 is 2.71 bits per heavy atom. The van der Waals surface area contributed by atoms with Crippen LogP contribution in [0, 0.1) is 0 Å². The summed E-state index contributed by atoms with van der Waals surface area (Å²) in [5.74, 6) is -1.36. The fraction of sp³-hybridized carbons (Fsp3) is 0.167. The molecule has 17 heavy (non-hydrogen) atoms. The standard InChI is InChI=1S/C12H11NO4/c14-10(15)6-5-8-7-3-1-2-4-9(7)13-12(17)11(8)16/h1-4,16H,5-6H2,(H,13,17)(H,14,15). The highest BCUT2D eigenvalue weighted by atomic mass is 16.4. The van der Waals surface area contributed by atoms with Crippen molar-refractivity contribution in [2.75, 3.05) is 0 Å². The molecule has 0 unspecified atom stereocenters. The normalized spacial score (nSPS) is 10.6. The molecule has 3 N–H and O–H groups in total. The van der Waals surface area contributed by atoms with Crippen LogP contribution in [-0.2, 0) is 11.2 Å². The summed E-state index contributed by atoms with van der Waals surface area (Å²) < 4.78 is 0. The van der Waals surface area contributed by atoms with Crippen LogP contribution in [0.2, 0.25) is 0 Å². The molecule has 5 nitrogen and oxygen atoms in total. The van der Waals surface area contributed by atoms with Crippen molar-refractivity contribution in [2.45, 2.75) is 12.8 Å². The number of nitrogens with one attached hydrogen (secondary N) is 1. The number of hydrogen-bond acceptors (Lipinski definition) is 3. The molecule has 0 bridgehead atoms. The van der Waals surface area contributed by atoms with Crippen molar-refractivity contribution in [3.63, 3.8) is 0 Å². The van der Waals surface area contributed by atoms with Gasteiger partial charge in [-0.15, -0.1) is 0 Å². The van der Waals surface area contributed by atoms with Gasteiger partial charge in [0.05, 0.1) is 0 Å². The van der Waals surface area contributed by atoms with Crippen LogP contribution < -0.4 is 5.56 Å². The van der Waals surface area contributed by atoms with Crippen molar-refractivity contribution in [1.82, 2.24) is 4.98 Å². The minimum atomic E-state index is -0.964. The molecular weight excluding hydrogens is 222 g/mol. The van der Waals surface area contributed by atoms with Gasteiger partial charge in [0.15, 0.2) is 5.75 Å². The lowest BCUT2D eigenvalue weighted by molar-refractivity contribution is -0.136. The number of hydrogen-bond donors (Lipinski definition) is 3. The number of fused-ring (bicyclic) bond motifs is 1. The van der Waals surface area contributed by atoms with Gasteiger partial charge in [-0.25, -0.2) is 0 Å². The van der Waals surface area contributed by atoms with E-state index in [1.54, 1.807) is 24.3 Å². The number of carboxylic acid groups (broad SMARTS) is 1. The first-order valence-corrected chi connectivity index (χ1v) is 5.14. The Kier molecular flexibility index (Phi) is 2.82. The molecular formula is C12H11NO4. The van der Waals surface area contributed by atoms with Crippen molar-refractivity contribution < 1.29 is 15.0 Å². The lowest BCUT2D eigenvalue weighted by Gasteiger charge is -2.07. The van der Waals surface area contributed by atoms with Crippen LogP contribution in [0.3, 0.4) is 0 Å². The van der Waals surface area contributed by atoms with E-state index < -0.39 is 17.3 Å². The number of rotatable bonds is 3. The van der Waals surface area contributed by atoms with E-state index >= 15 is 0 Å². The number of benzene rings is 1. The second-order valence-electron chi connectivity index (χ2n) is 3.72. The molecule has 0 spiro atoms. The van der Waals surface area contributed by atoms with E-state index in [0.29, 0.717) is 16.5 Å².